The van der Waals surface area contributed by atoms with E-state index in [-0.39, 0.29) is 0 Å². The van der Waals surface area contributed by atoms with Crippen molar-refractivity contribution in [2.75, 3.05) is 13.7 Å². The van der Waals surface area contributed by atoms with Crippen molar-refractivity contribution in [2.45, 2.75) is 32.4 Å². The lowest BCUT2D eigenvalue weighted by molar-refractivity contribution is 0.159. The fraction of sp³-hybridized carbons (Fsp3) is 0.538. The average Bonchev–Trinajstić information content (AvgIpc) is 2.29. The molecule has 1 N–H and O–H groups in total. The van der Waals surface area contributed by atoms with Crippen LogP contribution in [0.2, 0.25) is 5.02 Å². The summed E-state index contributed by atoms with van der Waals surface area (Å²) in [6.45, 7) is 5.06. The maximum atomic E-state index is 5.86. The predicted molar refractivity (Wildman–Crippen MR) is 69.0 cm³/mol. The monoisotopic (exact) mass is 241 g/mol. The van der Waals surface area contributed by atoms with Crippen LogP contribution < -0.4 is 5.32 Å². The van der Waals surface area contributed by atoms with E-state index >= 15 is 0 Å². The Morgan fingerprint density at radius 3 is 2.44 bits per heavy atom. The number of benzene rings is 1. The predicted octanol–water partition coefficient (Wildman–Crippen LogP) is 3.42. The first-order chi connectivity index (χ1) is 7.67. The van der Waals surface area contributed by atoms with E-state index in [9.17, 15) is 0 Å². The molecule has 0 aliphatic heterocycles. The Hall–Kier alpha value is -0.570. The van der Waals surface area contributed by atoms with E-state index in [1.54, 1.807) is 7.11 Å². The van der Waals surface area contributed by atoms with E-state index in [4.69, 9.17) is 16.3 Å². The van der Waals surface area contributed by atoms with Gasteiger partial charge in [0.1, 0.15) is 0 Å². The fourth-order valence-electron chi connectivity index (χ4n) is 1.69. The van der Waals surface area contributed by atoms with Gasteiger partial charge in [-0.15, -0.1) is 0 Å². The van der Waals surface area contributed by atoms with Crippen LogP contribution in [0, 0.1) is 0 Å². The molecule has 1 rings (SSSR count). The van der Waals surface area contributed by atoms with Crippen LogP contribution in [0.1, 0.15) is 31.9 Å². The van der Waals surface area contributed by atoms with Crippen molar-refractivity contribution < 1.29 is 4.74 Å². The lowest BCUT2D eigenvalue weighted by atomic mass is 10.1. The van der Waals surface area contributed by atoms with Gasteiger partial charge >= 0.3 is 0 Å². The summed E-state index contributed by atoms with van der Waals surface area (Å²) < 4.78 is 5.17. The zero-order valence-corrected chi connectivity index (χ0v) is 10.9. The van der Waals surface area contributed by atoms with E-state index < -0.39 is 0 Å². The van der Waals surface area contributed by atoms with E-state index in [1.807, 2.05) is 12.1 Å². The molecule has 0 saturated carbocycles. The number of ether oxygens (including phenoxy) is 1. The average molecular weight is 242 g/mol. The van der Waals surface area contributed by atoms with Crippen molar-refractivity contribution in [1.82, 2.24) is 5.32 Å². The van der Waals surface area contributed by atoms with Gasteiger partial charge in [-0.05, 0) is 31.0 Å². The van der Waals surface area contributed by atoms with E-state index in [1.165, 1.54) is 5.56 Å². The van der Waals surface area contributed by atoms with Crippen LogP contribution in [0.3, 0.4) is 0 Å². The molecule has 0 spiro atoms. The summed E-state index contributed by atoms with van der Waals surface area (Å²) in [5, 5.41) is 4.31. The lowest BCUT2D eigenvalue weighted by Gasteiger charge is -2.22. The molecule has 3 heteroatoms. The smallest absolute Gasteiger partial charge is 0.0615 e. The van der Waals surface area contributed by atoms with Crippen LogP contribution >= 0.6 is 11.6 Å². The highest BCUT2D eigenvalue weighted by molar-refractivity contribution is 6.30. The second kappa shape index (κ2) is 6.89. The van der Waals surface area contributed by atoms with Gasteiger partial charge < -0.3 is 10.1 Å². The first-order valence-corrected chi connectivity index (χ1v) is 6.05. The Morgan fingerprint density at radius 2 is 1.94 bits per heavy atom. The number of rotatable bonds is 6. The van der Waals surface area contributed by atoms with Gasteiger partial charge in [0.05, 0.1) is 6.61 Å². The van der Waals surface area contributed by atoms with Crippen molar-refractivity contribution in [3.8, 4) is 0 Å². The highest BCUT2D eigenvalue weighted by atomic mass is 35.5. The molecule has 0 heterocycles. The SMILES string of the molecule is CCC(COC)N[C@@H](C)c1ccc(Cl)cc1. The summed E-state index contributed by atoms with van der Waals surface area (Å²) in [7, 11) is 1.73. The van der Waals surface area contributed by atoms with E-state index in [0.717, 1.165) is 18.1 Å². The quantitative estimate of drug-likeness (QED) is 0.824. The van der Waals surface area contributed by atoms with Crippen molar-refractivity contribution in [3.63, 3.8) is 0 Å². The van der Waals surface area contributed by atoms with Gasteiger partial charge in [-0.3, -0.25) is 0 Å². The van der Waals surface area contributed by atoms with Gasteiger partial charge in [-0.1, -0.05) is 30.7 Å². The van der Waals surface area contributed by atoms with Crippen LogP contribution in [-0.2, 0) is 4.74 Å². The number of halogens is 1. The van der Waals surface area contributed by atoms with Crippen molar-refractivity contribution >= 4 is 11.6 Å². The molecule has 0 aliphatic rings. The van der Waals surface area contributed by atoms with Gasteiger partial charge in [0.15, 0.2) is 0 Å². The molecule has 1 aromatic rings. The molecule has 0 amide bonds. The molecule has 1 aromatic carbocycles. The van der Waals surface area contributed by atoms with Gasteiger partial charge in [-0.2, -0.15) is 0 Å². The first kappa shape index (κ1) is 13.5. The summed E-state index contributed by atoms with van der Waals surface area (Å²) in [4.78, 5) is 0. The van der Waals surface area contributed by atoms with E-state index in [2.05, 4.69) is 31.3 Å². The molecule has 1 unspecified atom stereocenters. The molecule has 0 fully saturated rings. The summed E-state index contributed by atoms with van der Waals surface area (Å²) in [6, 6.07) is 8.67. The third kappa shape index (κ3) is 4.12. The topological polar surface area (TPSA) is 21.3 Å². The molecule has 0 bridgehead atoms. The first-order valence-electron chi connectivity index (χ1n) is 5.67. The minimum atomic E-state index is 0.317. The fourth-order valence-corrected chi connectivity index (χ4v) is 1.81. The molecular weight excluding hydrogens is 222 g/mol. The zero-order valence-electron chi connectivity index (χ0n) is 10.2. The summed E-state index contributed by atoms with van der Waals surface area (Å²) in [5.41, 5.74) is 1.25. The summed E-state index contributed by atoms with van der Waals surface area (Å²) in [6.07, 6.45) is 1.06. The van der Waals surface area contributed by atoms with Gasteiger partial charge in [0.25, 0.3) is 0 Å². The minimum Gasteiger partial charge on any atom is -0.383 e. The molecule has 2 nitrogen and oxygen atoms in total. The number of hydrogen-bond acceptors (Lipinski definition) is 2. The van der Waals surface area contributed by atoms with Crippen LogP contribution in [0.15, 0.2) is 24.3 Å². The zero-order chi connectivity index (χ0) is 12.0. The highest BCUT2D eigenvalue weighted by Gasteiger charge is 2.11. The van der Waals surface area contributed by atoms with Crippen LogP contribution in [-0.4, -0.2) is 19.8 Å². The number of hydrogen-bond donors (Lipinski definition) is 1. The van der Waals surface area contributed by atoms with Crippen LogP contribution in [0.5, 0.6) is 0 Å². The Kier molecular flexibility index (Phi) is 5.81. The lowest BCUT2D eigenvalue weighted by Crippen LogP contribution is -2.34. The Balaban J connectivity index is 2.56. The maximum absolute atomic E-state index is 5.86. The molecule has 0 saturated heterocycles. The van der Waals surface area contributed by atoms with Crippen LogP contribution in [0.4, 0.5) is 0 Å². The summed E-state index contributed by atoms with van der Waals surface area (Å²) in [5.74, 6) is 0. The molecular formula is C13H20ClNO. The third-order valence-electron chi connectivity index (χ3n) is 2.72. The Labute approximate surface area is 103 Å². The van der Waals surface area contributed by atoms with Crippen molar-refractivity contribution in [3.05, 3.63) is 34.9 Å². The van der Waals surface area contributed by atoms with E-state index in [0.29, 0.717) is 12.1 Å². The molecule has 0 aliphatic carbocycles. The molecule has 0 aromatic heterocycles. The van der Waals surface area contributed by atoms with Crippen molar-refractivity contribution in [1.29, 1.82) is 0 Å². The van der Waals surface area contributed by atoms with Crippen molar-refractivity contribution in [2.24, 2.45) is 0 Å². The second-order valence-corrected chi connectivity index (χ2v) is 4.44. The standard InChI is InChI=1S/C13H20ClNO/c1-4-13(9-16-3)15-10(2)11-5-7-12(14)8-6-11/h5-8,10,13,15H,4,9H2,1-3H3/t10-,13?/m0/s1. The van der Waals surface area contributed by atoms with Gasteiger partial charge in [-0.25, -0.2) is 0 Å². The molecule has 90 valence electrons. The molecule has 2 atom stereocenters. The van der Waals surface area contributed by atoms with Gasteiger partial charge in [0.2, 0.25) is 0 Å². The number of nitrogens with one attached hydrogen (secondary N) is 1. The largest absolute Gasteiger partial charge is 0.383 e. The van der Waals surface area contributed by atoms with Crippen LogP contribution in [0.25, 0.3) is 0 Å². The summed E-state index contributed by atoms with van der Waals surface area (Å²) >= 11 is 5.86. The molecule has 0 radical (unpaired) electrons. The minimum absolute atomic E-state index is 0.317. The highest BCUT2D eigenvalue weighted by Crippen LogP contribution is 2.16. The Morgan fingerprint density at radius 1 is 1.31 bits per heavy atom. The number of methoxy groups -OCH3 is 1. The maximum Gasteiger partial charge on any atom is 0.0615 e. The second-order valence-electron chi connectivity index (χ2n) is 4.00. The van der Waals surface area contributed by atoms with Gasteiger partial charge in [0, 0.05) is 24.2 Å². The Bertz CT molecular complexity index is 299. The normalized spacial score (nSPS) is 14.8. The third-order valence-corrected chi connectivity index (χ3v) is 2.97. The molecule has 16 heavy (non-hydrogen) atoms.